The van der Waals surface area contributed by atoms with Crippen LogP contribution in [0, 0.1) is 0 Å². The Hall–Kier alpha value is -1.12. The van der Waals surface area contributed by atoms with E-state index in [0.29, 0.717) is 24.4 Å². The molecule has 1 aromatic heterocycles. The first kappa shape index (κ1) is 15.9. The first-order valence-electron chi connectivity index (χ1n) is 5.71. The molecule has 4 N–H and O–H groups in total. The van der Waals surface area contributed by atoms with Gasteiger partial charge >= 0.3 is 5.97 Å². The summed E-state index contributed by atoms with van der Waals surface area (Å²) >= 11 is 2.94. The number of amides is 1. The topological polar surface area (TPSA) is 105 Å². The summed E-state index contributed by atoms with van der Waals surface area (Å²) in [5.74, 6) is -0.656. The van der Waals surface area contributed by atoms with Crippen LogP contribution in [0.4, 0.5) is 0 Å². The third kappa shape index (κ3) is 5.58. The highest BCUT2D eigenvalue weighted by molar-refractivity contribution is 7.98. The molecule has 0 aromatic carbocycles. The van der Waals surface area contributed by atoms with E-state index in [4.69, 9.17) is 10.8 Å². The van der Waals surface area contributed by atoms with Crippen LogP contribution >= 0.6 is 23.1 Å². The highest BCUT2D eigenvalue weighted by Gasteiger charge is 2.19. The molecule has 1 amide bonds. The van der Waals surface area contributed by atoms with Crippen molar-refractivity contribution in [3.63, 3.8) is 0 Å². The van der Waals surface area contributed by atoms with Crippen LogP contribution in [0.25, 0.3) is 0 Å². The number of hydrogen-bond donors (Lipinski definition) is 3. The van der Waals surface area contributed by atoms with E-state index >= 15 is 0 Å². The largest absolute Gasteiger partial charge is 0.480 e. The summed E-state index contributed by atoms with van der Waals surface area (Å²) in [7, 11) is 0. The zero-order valence-electron chi connectivity index (χ0n) is 10.6. The van der Waals surface area contributed by atoms with Gasteiger partial charge in [0.25, 0.3) is 0 Å². The quantitative estimate of drug-likeness (QED) is 0.644. The number of nitrogens with two attached hydrogens (primary N) is 1. The van der Waals surface area contributed by atoms with Crippen LogP contribution in [0.5, 0.6) is 0 Å². The fourth-order valence-electron chi connectivity index (χ4n) is 1.43. The molecular weight excluding hydrogens is 286 g/mol. The van der Waals surface area contributed by atoms with Crippen molar-refractivity contribution in [2.75, 3.05) is 12.0 Å². The summed E-state index contributed by atoms with van der Waals surface area (Å²) in [6.45, 7) is 0.345. The van der Waals surface area contributed by atoms with Crippen molar-refractivity contribution in [1.82, 2.24) is 10.3 Å². The first-order valence-corrected chi connectivity index (χ1v) is 7.98. The van der Waals surface area contributed by atoms with Crippen molar-refractivity contribution in [3.05, 3.63) is 16.1 Å². The van der Waals surface area contributed by atoms with E-state index in [9.17, 15) is 9.59 Å². The van der Waals surface area contributed by atoms with Crippen LogP contribution in [-0.2, 0) is 22.6 Å². The smallest absolute Gasteiger partial charge is 0.326 e. The van der Waals surface area contributed by atoms with Gasteiger partial charge in [-0.1, -0.05) is 0 Å². The average molecular weight is 303 g/mol. The predicted octanol–water partition coefficient (Wildman–Crippen LogP) is 0.467. The molecule has 0 aliphatic carbocycles. The van der Waals surface area contributed by atoms with Crippen LogP contribution in [0.1, 0.15) is 17.1 Å². The number of aromatic nitrogens is 1. The summed E-state index contributed by atoms with van der Waals surface area (Å²) in [4.78, 5) is 26.9. The number of carbonyl (C=O) groups is 2. The van der Waals surface area contributed by atoms with Gasteiger partial charge in [0.05, 0.1) is 12.1 Å². The SMILES string of the molecule is CSCCC(NC(=O)Cc1csc(CN)n1)C(=O)O. The van der Waals surface area contributed by atoms with E-state index in [-0.39, 0.29) is 12.3 Å². The van der Waals surface area contributed by atoms with E-state index in [1.807, 2.05) is 6.26 Å². The van der Waals surface area contributed by atoms with E-state index in [1.165, 1.54) is 11.3 Å². The highest BCUT2D eigenvalue weighted by Crippen LogP contribution is 2.09. The summed E-state index contributed by atoms with van der Waals surface area (Å²) in [5, 5.41) is 14.0. The molecule has 0 aliphatic rings. The Balaban J connectivity index is 2.49. The molecule has 8 heteroatoms. The molecular formula is C11H17N3O3S2. The van der Waals surface area contributed by atoms with Gasteiger partial charge in [-0.2, -0.15) is 11.8 Å². The number of carboxylic acids is 1. The lowest BCUT2D eigenvalue weighted by atomic mass is 10.2. The monoisotopic (exact) mass is 303 g/mol. The molecule has 1 heterocycles. The van der Waals surface area contributed by atoms with Gasteiger partial charge in [-0.25, -0.2) is 9.78 Å². The van der Waals surface area contributed by atoms with E-state index < -0.39 is 12.0 Å². The zero-order valence-corrected chi connectivity index (χ0v) is 12.2. The van der Waals surface area contributed by atoms with Gasteiger partial charge in [0.15, 0.2) is 0 Å². The summed E-state index contributed by atoms with van der Waals surface area (Å²) in [5.41, 5.74) is 6.06. The van der Waals surface area contributed by atoms with Gasteiger partial charge in [0.2, 0.25) is 5.91 Å². The Morgan fingerprint density at radius 1 is 1.63 bits per heavy atom. The molecule has 1 unspecified atom stereocenters. The summed E-state index contributed by atoms with van der Waals surface area (Å²) < 4.78 is 0. The Bertz CT molecular complexity index is 437. The Morgan fingerprint density at radius 3 is 2.89 bits per heavy atom. The normalized spacial score (nSPS) is 12.1. The molecule has 1 aromatic rings. The lowest BCUT2D eigenvalue weighted by Crippen LogP contribution is -2.41. The minimum Gasteiger partial charge on any atom is -0.480 e. The second-order valence-electron chi connectivity index (χ2n) is 3.85. The average Bonchev–Trinajstić information content (AvgIpc) is 2.81. The number of hydrogen-bond acceptors (Lipinski definition) is 6. The van der Waals surface area contributed by atoms with E-state index in [1.54, 1.807) is 17.1 Å². The van der Waals surface area contributed by atoms with Crippen molar-refractivity contribution in [2.45, 2.75) is 25.4 Å². The molecule has 0 bridgehead atoms. The molecule has 6 nitrogen and oxygen atoms in total. The molecule has 0 fully saturated rings. The standard InChI is InChI=1S/C11H17N3O3S2/c1-18-3-2-8(11(16)17)14-9(15)4-7-6-19-10(5-12)13-7/h6,8H,2-5,12H2,1H3,(H,14,15)(H,16,17). The Morgan fingerprint density at radius 2 is 2.37 bits per heavy atom. The third-order valence-electron chi connectivity index (χ3n) is 2.36. The molecule has 0 radical (unpaired) electrons. The summed E-state index contributed by atoms with van der Waals surface area (Å²) in [6.07, 6.45) is 2.39. The van der Waals surface area contributed by atoms with E-state index in [2.05, 4.69) is 10.3 Å². The number of thiazole rings is 1. The number of nitrogens with zero attached hydrogens (tertiary/aromatic N) is 1. The maximum Gasteiger partial charge on any atom is 0.326 e. The first-order chi connectivity index (χ1) is 9.06. The number of thioether (sulfide) groups is 1. The maximum absolute atomic E-state index is 11.7. The van der Waals surface area contributed by atoms with Crippen LogP contribution in [-0.4, -0.2) is 40.0 Å². The van der Waals surface area contributed by atoms with Crippen LogP contribution in [0.3, 0.4) is 0 Å². The molecule has 0 saturated heterocycles. The molecule has 0 saturated carbocycles. The number of carbonyl (C=O) groups excluding carboxylic acids is 1. The fraction of sp³-hybridized carbons (Fsp3) is 0.545. The minimum absolute atomic E-state index is 0.0829. The van der Waals surface area contributed by atoms with Gasteiger partial charge in [0.1, 0.15) is 11.0 Å². The second kappa shape index (κ2) is 8.13. The van der Waals surface area contributed by atoms with Crippen molar-refractivity contribution in [2.24, 2.45) is 5.73 Å². The van der Waals surface area contributed by atoms with Gasteiger partial charge in [-0.15, -0.1) is 11.3 Å². The Kier molecular flexibility index (Phi) is 6.82. The van der Waals surface area contributed by atoms with Crippen molar-refractivity contribution >= 4 is 35.0 Å². The van der Waals surface area contributed by atoms with Gasteiger partial charge in [0, 0.05) is 11.9 Å². The molecule has 1 rings (SSSR count). The third-order valence-corrected chi connectivity index (χ3v) is 3.92. The fourth-order valence-corrected chi connectivity index (χ4v) is 2.57. The van der Waals surface area contributed by atoms with Crippen LogP contribution < -0.4 is 11.1 Å². The van der Waals surface area contributed by atoms with Crippen LogP contribution in [0.15, 0.2) is 5.38 Å². The maximum atomic E-state index is 11.7. The molecule has 106 valence electrons. The van der Waals surface area contributed by atoms with Gasteiger partial charge < -0.3 is 16.2 Å². The molecule has 19 heavy (non-hydrogen) atoms. The minimum atomic E-state index is -1.01. The van der Waals surface area contributed by atoms with Crippen molar-refractivity contribution < 1.29 is 14.7 Å². The number of rotatable bonds is 8. The Labute approximate surface area is 119 Å². The summed E-state index contributed by atoms with van der Waals surface area (Å²) in [6, 6.07) is -0.840. The molecule has 1 atom stereocenters. The number of nitrogens with one attached hydrogen (secondary N) is 1. The molecule has 0 aliphatic heterocycles. The molecule has 0 spiro atoms. The van der Waals surface area contributed by atoms with Crippen molar-refractivity contribution in [3.8, 4) is 0 Å². The van der Waals surface area contributed by atoms with Crippen LogP contribution in [0.2, 0.25) is 0 Å². The van der Waals surface area contributed by atoms with Crippen molar-refractivity contribution in [1.29, 1.82) is 0 Å². The van der Waals surface area contributed by atoms with Gasteiger partial charge in [-0.05, 0) is 18.4 Å². The lowest BCUT2D eigenvalue weighted by molar-refractivity contribution is -0.141. The zero-order chi connectivity index (χ0) is 14.3. The lowest BCUT2D eigenvalue weighted by Gasteiger charge is -2.13. The highest BCUT2D eigenvalue weighted by atomic mass is 32.2. The number of carboxylic acid groups (broad SMARTS) is 1. The van der Waals surface area contributed by atoms with Gasteiger partial charge in [-0.3, -0.25) is 4.79 Å². The second-order valence-corrected chi connectivity index (χ2v) is 5.78. The van der Waals surface area contributed by atoms with E-state index in [0.717, 1.165) is 5.01 Å². The predicted molar refractivity (Wildman–Crippen MR) is 76.3 cm³/mol. The number of aliphatic carboxylic acids is 1.